The molecule has 1 heterocycles. The number of fused-ring (bicyclic) bond motifs is 1. The van der Waals surface area contributed by atoms with Gasteiger partial charge < -0.3 is 4.90 Å². The first-order valence-electron chi connectivity index (χ1n) is 6.81. The van der Waals surface area contributed by atoms with Crippen molar-refractivity contribution in [1.29, 1.82) is 0 Å². The summed E-state index contributed by atoms with van der Waals surface area (Å²) in [5.41, 5.74) is 0.339. The van der Waals surface area contributed by atoms with E-state index in [2.05, 4.69) is 13.0 Å². The number of benzene rings is 1. The van der Waals surface area contributed by atoms with Gasteiger partial charge in [-0.3, -0.25) is 4.79 Å². The summed E-state index contributed by atoms with van der Waals surface area (Å²) in [6.45, 7) is 4.78. The molecule has 0 radical (unpaired) electrons. The molecule has 0 N–H and O–H groups in total. The van der Waals surface area contributed by atoms with Crippen molar-refractivity contribution in [3.05, 3.63) is 24.3 Å². The van der Waals surface area contributed by atoms with E-state index in [1.54, 1.807) is 0 Å². The zero-order chi connectivity index (χ0) is 14.5. The number of halogens is 2. The molecule has 5 heteroatoms. The van der Waals surface area contributed by atoms with E-state index in [0.29, 0.717) is 11.7 Å². The second-order valence-electron chi connectivity index (χ2n) is 5.85. The van der Waals surface area contributed by atoms with Crippen molar-refractivity contribution < 1.29 is 4.79 Å². The van der Waals surface area contributed by atoms with E-state index in [1.807, 2.05) is 41.8 Å². The summed E-state index contributed by atoms with van der Waals surface area (Å²) in [6.07, 6.45) is 1.50. The van der Waals surface area contributed by atoms with Gasteiger partial charge in [0.25, 0.3) is 0 Å². The summed E-state index contributed by atoms with van der Waals surface area (Å²) in [6, 6.07) is 8.07. The van der Waals surface area contributed by atoms with Gasteiger partial charge >= 0.3 is 0 Å². The monoisotopic (exact) mass is 329 g/mol. The number of nitrogens with zero attached hydrogens (tertiary/aromatic N) is 1. The number of hydrogen-bond acceptors (Lipinski definition) is 2. The zero-order valence-electron chi connectivity index (χ0n) is 11.5. The Kier molecular flexibility index (Phi) is 3.51. The molecular formula is C15H17Cl2NOS. The Hall–Kier alpha value is -0.380. The van der Waals surface area contributed by atoms with Gasteiger partial charge in [-0.25, -0.2) is 0 Å². The van der Waals surface area contributed by atoms with Crippen molar-refractivity contribution in [3.63, 3.8) is 0 Å². The highest BCUT2D eigenvalue weighted by molar-refractivity contribution is 8.00. The number of carbonyl (C=O) groups excluding carboxylic acids is 1. The van der Waals surface area contributed by atoms with E-state index in [9.17, 15) is 4.79 Å². The van der Waals surface area contributed by atoms with Crippen molar-refractivity contribution in [2.75, 3.05) is 11.4 Å². The lowest BCUT2D eigenvalue weighted by atomic mass is 10.1. The van der Waals surface area contributed by atoms with Crippen LogP contribution in [0.15, 0.2) is 29.2 Å². The van der Waals surface area contributed by atoms with Crippen LogP contribution in [0.2, 0.25) is 0 Å². The maximum Gasteiger partial charge on any atom is 0.236 e. The number of thioether (sulfide) groups is 1. The molecule has 1 aromatic carbocycles. The standard InChI is InChI=1S/C15H17Cl2NOS/c1-10-7-8-18(11-5-3-4-6-12(11)20-10)13(19)14(2)9-15(14,16)17/h3-6,10H,7-9H2,1-2H3/t10-,14-/m0/s1. The van der Waals surface area contributed by atoms with Gasteiger partial charge in [-0.15, -0.1) is 35.0 Å². The molecule has 1 aliphatic carbocycles. The fraction of sp³-hybridized carbons (Fsp3) is 0.533. The fourth-order valence-electron chi connectivity index (χ4n) is 2.63. The number of hydrogen-bond donors (Lipinski definition) is 0. The predicted octanol–water partition coefficient (Wildman–Crippen LogP) is 4.49. The number of amides is 1. The quantitative estimate of drug-likeness (QED) is 0.707. The number of carbonyl (C=O) groups is 1. The van der Waals surface area contributed by atoms with E-state index in [0.717, 1.165) is 23.5 Å². The fourth-order valence-corrected chi connectivity index (χ4v) is 4.44. The highest BCUT2D eigenvalue weighted by atomic mass is 35.5. The first kappa shape index (κ1) is 14.6. The molecule has 108 valence electrons. The van der Waals surface area contributed by atoms with Crippen molar-refractivity contribution >= 4 is 46.6 Å². The van der Waals surface area contributed by atoms with E-state index in [4.69, 9.17) is 23.2 Å². The van der Waals surface area contributed by atoms with Crippen molar-refractivity contribution in [3.8, 4) is 0 Å². The summed E-state index contributed by atoms with van der Waals surface area (Å²) >= 11 is 14.2. The first-order chi connectivity index (χ1) is 9.35. The summed E-state index contributed by atoms with van der Waals surface area (Å²) in [4.78, 5) is 15.9. The molecule has 0 unspecified atom stereocenters. The van der Waals surface area contributed by atoms with Crippen LogP contribution in [0.25, 0.3) is 0 Å². The Morgan fingerprint density at radius 3 is 2.70 bits per heavy atom. The van der Waals surface area contributed by atoms with Gasteiger partial charge in [-0.2, -0.15) is 0 Å². The third-order valence-corrected chi connectivity index (χ3v) is 6.56. The topological polar surface area (TPSA) is 20.3 Å². The maximum atomic E-state index is 12.9. The van der Waals surface area contributed by atoms with E-state index in [-0.39, 0.29) is 5.91 Å². The van der Waals surface area contributed by atoms with Gasteiger partial charge in [-0.1, -0.05) is 19.1 Å². The molecule has 2 nitrogen and oxygen atoms in total. The number of rotatable bonds is 1. The minimum atomic E-state index is -0.913. The van der Waals surface area contributed by atoms with Gasteiger partial charge in [-0.05, 0) is 31.9 Å². The van der Waals surface area contributed by atoms with Gasteiger partial charge in [0.1, 0.15) is 4.33 Å². The molecule has 20 heavy (non-hydrogen) atoms. The molecule has 1 aromatic rings. The Morgan fingerprint density at radius 2 is 2.05 bits per heavy atom. The summed E-state index contributed by atoms with van der Waals surface area (Å²) in [7, 11) is 0. The van der Waals surface area contributed by atoms with E-state index < -0.39 is 9.75 Å². The van der Waals surface area contributed by atoms with Gasteiger partial charge in [0.15, 0.2) is 0 Å². The Morgan fingerprint density at radius 1 is 1.40 bits per heavy atom. The average Bonchev–Trinajstić information content (AvgIpc) is 2.96. The predicted molar refractivity (Wildman–Crippen MR) is 85.9 cm³/mol. The second-order valence-corrected chi connectivity index (χ2v) is 8.82. The lowest BCUT2D eigenvalue weighted by molar-refractivity contribution is -0.123. The second kappa shape index (κ2) is 4.82. The van der Waals surface area contributed by atoms with Crippen LogP contribution in [0, 0.1) is 5.41 Å². The summed E-state index contributed by atoms with van der Waals surface area (Å²) in [5, 5.41) is 0.498. The third-order valence-electron chi connectivity index (χ3n) is 4.22. The normalized spacial score (nSPS) is 31.4. The molecule has 3 rings (SSSR count). The molecule has 2 aliphatic rings. The molecule has 1 fully saturated rings. The lowest BCUT2D eigenvalue weighted by Gasteiger charge is -2.26. The Bertz CT molecular complexity index is 563. The summed E-state index contributed by atoms with van der Waals surface area (Å²) in [5.74, 6) is 0.0460. The number of alkyl halides is 2. The van der Waals surface area contributed by atoms with Crippen LogP contribution in [-0.2, 0) is 4.79 Å². The van der Waals surface area contributed by atoms with Crippen molar-refractivity contribution in [2.24, 2.45) is 5.41 Å². The van der Waals surface area contributed by atoms with Crippen LogP contribution >= 0.6 is 35.0 Å². The molecular weight excluding hydrogens is 313 g/mol. The molecule has 0 aromatic heterocycles. The number of para-hydroxylation sites is 1. The van der Waals surface area contributed by atoms with E-state index in [1.165, 1.54) is 0 Å². The Labute approximate surface area is 133 Å². The minimum Gasteiger partial charge on any atom is -0.311 e. The van der Waals surface area contributed by atoms with Crippen LogP contribution in [0.4, 0.5) is 5.69 Å². The molecule has 2 atom stereocenters. The largest absolute Gasteiger partial charge is 0.311 e. The average molecular weight is 330 g/mol. The molecule has 1 saturated carbocycles. The molecule has 0 saturated heterocycles. The minimum absolute atomic E-state index is 0.0460. The van der Waals surface area contributed by atoms with Gasteiger partial charge in [0, 0.05) is 16.7 Å². The highest BCUT2D eigenvalue weighted by Gasteiger charge is 2.69. The highest BCUT2D eigenvalue weighted by Crippen LogP contribution is 2.64. The third kappa shape index (κ3) is 2.24. The van der Waals surface area contributed by atoms with E-state index >= 15 is 0 Å². The SMILES string of the molecule is C[C@H]1CCN(C(=O)[C@]2(C)CC2(Cl)Cl)c2ccccc2S1. The van der Waals surface area contributed by atoms with Gasteiger partial charge in [0.05, 0.1) is 11.1 Å². The van der Waals surface area contributed by atoms with Gasteiger partial charge in [0.2, 0.25) is 5.91 Å². The van der Waals surface area contributed by atoms with Crippen molar-refractivity contribution in [1.82, 2.24) is 0 Å². The van der Waals surface area contributed by atoms with Crippen LogP contribution in [0.3, 0.4) is 0 Å². The maximum absolute atomic E-state index is 12.9. The van der Waals surface area contributed by atoms with Crippen molar-refractivity contribution in [2.45, 2.75) is 41.2 Å². The smallest absolute Gasteiger partial charge is 0.236 e. The van der Waals surface area contributed by atoms with Crippen LogP contribution in [0.5, 0.6) is 0 Å². The lowest BCUT2D eigenvalue weighted by Crippen LogP contribution is -2.39. The first-order valence-corrected chi connectivity index (χ1v) is 8.44. The van der Waals surface area contributed by atoms with Crippen LogP contribution in [0.1, 0.15) is 26.7 Å². The molecule has 1 amide bonds. The zero-order valence-corrected chi connectivity index (χ0v) is 13.9. The van der Waals surface area contributed by atoms with Crippen LogP contribution in [-0.4, -0.2) is 22.0 Å². The summed E-state index contributed by atoms with van der Waals surface area (Å²) < 4.78 is -0.913. The Balaban J connectivity index is 1.96. The van der Waals surface area contributed by atoms with Crippen LogP contribution < -0.4 is 4.90 Å². The molecule has 1 aliphatic heterocycles. The molecule has 0 spiro atoms. The number of anilines is 1. The molecule has 0 bridgehead atoms.